The first-order valence-electron chi connectivity index (χ1n) is 9.68. The van der Waals surface area contributed by atoms with Crippen molar-refractivity contribution in [2.75, 3.05) is 24.3 Å². The van der Waals surface area contributed by atoms with Gasteiger partial charge >= 0.3 is 5.97 Å². The predicted octanol–water partition coefficient (Wildman–Crippen LogP) is -0.384. The van der Waals surface area contributed by atoms with Gasteiger partial charge in [0.05, 0.1) is 6.04 Å². The van der Waals surface area contributed by atoms with Gasteiger partial charge in [0, 0.05) is 5.75 Å². The molecule has 3 amide bonds. The van der Waals surface area contributed by atoms with Crippen molar-refractivity contribution in [3.8, 4) is 0 Å². The molecule has 29 heavy (non-hydrogen) atoms. The summed E-state index contributed by atoms with van der Waals surface area (Å²) in [5.41, 5.74) is 0. The molecule has 1 saturated heterocycles. The normalized spacial score (nSPS) is 19.3. The van der Waals surface area contributed by atoms with Gasteiger partial charge in [-0.3, -0.25) is 14.4 Å². The van der Waals surface area contributed by atoms with Crippen LogP contribution < -0.4 is 21.3 Å². The molecule has 1 aliphatic heterocycles. The summed E-state index contributed by atoms with van der Waals surface area (Å²) in [5.74, 6) is -2.13. The van der Waals surface area contributed by atoms with Crippen LogP contribution in [-0.4, -0.2) is 77.3 Å². The van der Waals surface area contributed by atoms with Crippen LogP contribution in [0.1, 0.15) is 33.1 Å². The van der Waals surface area contributed by atoms with Crippen molar-refractivity contribution in [3.63, 3.8) is 0 Å². The standard InChI is InChI=1S/C18H32N4O5S2/c1-10(2)14(22-15(23)11-5-4-7-19-11)17(25)20-12(6-8-29-3)16(24)21-13(9-28)18(26)27/h10-14,19,28H,4-9H2,1-3H3,(H,20,25)(H,21,24)(H,22,23)(H,26,27). The fourth-order valence-corrected chi connectivity index (χ4v) is 3.64. The van der Waals surface area contributed by atoms with Crippen molar-refractivity contribution in [2.24, 2.45) is 5.92 Å². The molecule has 166 valence electrons. The van der Waals surface area contributed by atoms with Crippen LogP contribution >= 0.6 is 24.4 Å². The van der Waals surface area contributed by atoms with Gasteiger partial charge in [-0.15, -0.1) is 0 Å². The molecule has 0 aromatic rings. The van der Waals surface area contributed by atoms with Crippen LogP contribution in [0, 0.1) is 5.92 Å². The number of carbonyl (C=O) groups excluding carboxylic acids is 3. The average molecular weight is 449 g/mol. The largest absolute Gasteiger partial charge is 0.480 e. The summed E-state index contributed by atoms with van der Waals surface area (Å²) in [4.78, 5) is 49.0. The van der Waals surface area contributed by atoms with Gasteiger partial charge in [0.1, 0.15) is 18.1 Å². The number of carboxylic acids is 1. The first-order chi connectivity index (χ1) is 13.7. The molecule has 0 spiro atoms. The Morgan fingerprint density at radius 3 is 2.28 bits per heavy atom. The van der Waals surface area contributed by atoms with Gasteiger partial charge in [0.15, 0.2) is 0 Å². The van der Waals surface area contributed by atoms with E-state index in [-0.39, 0.29) is 23.6 Å². The number of thioether (sulfide) groups is 1. The molecule has 0 bridgehead atoms. The summed E-state index contributed by atoms with van der Waals surface area (Å²) in [5, 5.41) is 20.1. The average Bonchev–Trinajstić information content (AvgIpc) is 3.21. The van der Waals surface area contributed by atoms with E-state index in [1.807, 2.05) is 20.1 Å². The first-order valence-corrected chi connectivity index (χ1v) is 11.7. The zero-order chi connectivity index (χ0) is 22.0. The van der Waals surface area contributed by atoms with Gasteiger partial charge in [0.25, 0.3) is 0 Å². The van der Waals surface area contributed by atoms with Crippen LogP contribution in [0.2, 0.25) is 0 Å². The molecule has 1 rings (SSSR count). The molecule has 1 heterocycles. The van der Waals surface area contributed by atoms with E-state index in [1.54, 1.807) is 0 Å². The van der Waals surface area contributed by atoms with Crippen molar-refractivity contribution in [3.05, 3.63) is 0 Å². The highest BCUT2D eigenvalue weighted by Crippen LogP contribution is 2.09. The molecule has 4 atom stereocenters. The fraction of sp³-hybridized carbons (Fsp3) is 0.778. The van der Waals surface area contributed by atoms with Crippen LogP contribution in [-0.2, 0) is 19.2 Å². The Bertz CT molecular complexity index is 585. The maximum atomic E-state index is 12.8. The minimum atomic E-state index is -1.19. The monoisotopic (exact) mass is 448 g/mol. The molecule has 0 aromatic heterocycles. The lowest BCUT2D eigenvalue weighted by Gasteiger charge is -2.26. The van der Waals surface area contributed by atoms with E-state index in [9.17, 15) is 19.2 Å². The molecular formula is C18H32N4O5S2. The van der Waals surface area contributed by atoms with E-state index in [0.29, 0.717) is 12.2 Å². The minimum absolute atomic E-state index is 0.0661. The number of thiol groups is 1. The maximum Gasteiger partial charge on any atom is 0.327 e. The molecule has 1 fully saturated rings. The molecule has 0 aliphatic carbocycles. The highest BCUT2D eigenvalue weighted by Gasteiger charge is 2.32. The molecule has 5 N–H and O–H groups in total. The predicted molar refractivity (Wildman–Crippen MR) is 116 cm³/mol. The molecular weight excluding hydrogens is 416 g/mol. The van der Waals surface area contributed by atoms with Crippen LogP contribution in [0.25, 0.3) is 0 Å². The number of carbonyl (C=O) groups is 4. The van der Waals surface area contributed by atoms with Crippen molar-refractivity contribution < 1.29 is 24.3 Å². The summed E-state index contributed by atoms with van der Waals surface area (Å²) >= 11 is 5.44. The van der Waals surface area contributed by atoms with E-state index < -0.39 is 35.9 Å². The summed E-state index contributed by atoms with van der Waals surface area (Å²) in [6.07, 6.45) is 3.83. The van der Waals surface area contributed by atoms with Crippen LogP contribution in [0.5, 0.6) is 0 Å². The van der Waals surface area contributed by atoms with Crippen LogP contribution in [0.15, 0.2) is 0 Å². The summed E-state index contributed by atoms with van der Waals surface area (Å²) in [6, 6.07) is -3.16. The lowest BCUT2D eigenvalue weighted by Crippen LogP contribution is -2.58. The second-order valence-corrected chi connectivity index (χ2v) is 8.65. The van der Waals surface area contributed by atoms with E-state index >= 15 is 0 Å². The highest BCUT2D eigenvalue weighted by atomic mass is 32.2. The van der Waals surface area contributed by atoms with Gasteiger partial charge in [-0.2, -0.15) is 24.4 Å². The second kappa shape index (κ2) is 13.0. The smallest absolute Gasteiger partial charge is 0.327 e. The second-order valence-electron chi connectivity index (χ2n) is 7.30. The van der Waals surface area contributed by atoms with Gasteiger partial charge < -0.3 is 26.4 Å². The minimum Gasteiger partial charge on any atom is -0.480 e. The number of hydrogen-bond donors (Lipinski definition) is 6. The molecule has 0 aromatic carbocycles. The number of nitrogens with one attached hydrogen (secondary N) is 4. The summed E-state index contributed by atoms with van der Waals surface area (Å²) in [6.45, 7) is 4.39. The molecule has 0 radical (unpaired) electrons. The molecule has 4 unspecified atom stereocenters. The molecule has 9 nitrogen and oxygen atoms in total. The Morgan fingerprint density at radius 2 is 1.79 bits per heavy atom. The van der Waals surface area contributed by atoms with Crippen LogP contribution in [0.4, 0.5) is 0 Å². The number of rotatable bonds is 12. The van der Waals surface area contributed by atoms with Gasteiger partial charge in [-0.1, -0.05) is 13.8 Å². The lowest BCUT2D eigenvalue weighted by molar-refractivity contribution is -0.141. The maximum absolute atomic E-state index is 12.8. The Kier molecular flexibility index (Phi) is 11.4. The zero-order valence-electron chi connectivity index (χ0n) is 17.1. The number of carboxylic acid groups (broad SMARTS) is 1. The van der Waals surface area contributed by atoms with E-state index in [2.05, 4.69) is 33.9 Å². The fourth-order valence-electron chi connectivity index (χ4n) is 2.92. The first kappa shape index (κ1) is 25.6. The van der Waals surface area contributed by atoms with Crippen molar-refractivity contribution in [2.45, 2.75) is 57.3 Å². The third kappa shape index (κ3) is 8.43. The summed E-state index contributed by atoms with van der Waals surface area (Å²) < 4.78 is 0. The SMILES string of the molecule is CSCCC(NC(=O)C(NC(=O)C1CCCN1)C(C)C)C(=O)NC(CS)C(=O)O. The topological polar surface area (TPSA) is 137 Å². The third-order valence-corrected chi connectivity index (χ3v) is 5.67. The molecule has 11 heteroatoms. The molecule has 1 aliphatic rings. The van der Waals surface area contributed by atoms with Crippen molar-refractivity contribution in [1.29, 1.82) is 0 Å². The van der Waals surface area contributed by atoms with Crippen molar-refractivity contribution in [1.82, 2.24) is 21.3 Å². The number of hydrogen-bond acceptors (Lipinski definition) is 7. The Labute approximate surface area is 181 Å². The third-order valence-electron chi connectivity index (χ3n) is 4.66. The Morgan fingerprint density at radius 1 is 1.14 bits per heavy atom. The van der Waals surface area contributed by atoms with E-state index in [1.165, 1.54) is 11.8 Å². The summed E-state index contributed by atoms with van der Waals surface area (Å²) in [7, 11) is 0. The Hall–Kier alpha value is -1.46. The Balaban J connectivity index is 2.81. The zero-order valence-corrected chi connectivity index (χ0v) is 18.8. The number of amides is 3. The lowest BCUT2D eigenvalue weighted by atomic mass is 10.0. The van der Waals surface area contributed by atoms with Crippen molar-refractivity contribution >= 4 is 48.1 Å². The van der Waals surface area contributed by atoms with Crippen LogP contribution in [0.3, 0.4) is 0 Å². The van der Waals surface area contributed by atoms with E-state index in [4.69, 9.17) is 5.11 Å². The molecule has 0 saturated carbocycles. The highest BCUT2D eigenvalue weighted by molar-refractivity contribution is 7.98. The quantitative estimate of drug-likeness (QED) is 0.224. The van der Waals surface area contributed by atoms with Gasteiger partial charge in [0.2, 0.25) is 17.7 Å². The van der Waals surface area contributed by atoms with Gasteiger partial charge in [-0.05, 0) is 43.7 Å². The van der Waals surface area contributed by atoms with Gasteiger partial charge in [-0.25, -0.2) is 4.79 Å². The number of aliphatic carboxylic acids is 1. The van der Waals surface area contributed by atoms with E-state index in [0.717, 1.165) is 19.4 Å².